The number of aliphatic hydroxyl groups excluding tert-OH is 1. The molecular weight excluding hydrogens is 246 g/mol. The van der Waals surface area contributed by atoms with Crippen LogP contribution < -0.4 is 10.1 Å². The molecule has 0 saturated carbocycles. The van der Waals surface area contributed by atoms with Gasteiger partial charge in [0.25, 0.3) is 0 Å². The molecule has 0 unspecified atom stereocenters. The van der Waals surface area contributed by atoms with Gasteiger partial charge in [0.05, 0.1) is 7.11 Å². The summed E-state index contributed by atoms with van der Waals surface area (Å²) in [6.07, 6.45) is 0.916. The minimum absolute atomic E-state index is 0.0542. The first kappa shape index (κ1) is 15.3. The molecule has 5 heteroatoms. The van der Waals surface area contributed by atoms with Crippen LogP contribution in [0.4, 0.5) is 4.79 Å². The van der Waals surface area contributed by atoms with Crippen molar-refractivity contribution in [1.29, 1.82) is 0 Å². The number of aliphatic hydroxyl groups is 1. The summed E-state index contributed by atoms with van der Waals surface area (Å²) in [7, 11) is 1.64. The molecule has 0 atom stereocenters. The van der Waals surface area contributed by atoms with E-state index in [9.17, 15) is 4.79 Å². The summed E-state index contributed by atoms with van der Waals surface area (Å²) in [6.45, 7) is 2.74. The fourth-order valence-corrected chi connectivity index (χ4v) is 1.67. The van der Waals surface area contributed by atoms with Gasteiger partial charge >= 0.3 is 6.09 Å². The van der Waals surface area contributed by atoms with Gasteiger partial charge in [0, 0.05) is 13.2 Å². The number of hydrogen-bond donors (Lipinski definition) is 2. The van der Waals surface area contributed by atoms with Gasteiger partial charge in [-0.15, -0.1) is 0 Å². The first-order valence-electron chi connectivity index (χ1n) is 6.38. The average Bonchev–Trinajstić information content (AvgIpc) is 2.45. The molecule has 19 heavy (non-hydrogen) atoms. The molecule has 2 N–H and O–H groups in total. The van der Waals surface area contributed by atoms with Crippen LogP contribution in [-0.2, 0) is 17.8 Å². The van der Waals surface area contributed by atoms with Crippen LogP contribution in [0, 0.1) is 0 Å². The van der Waals surface area contributed by atoms with Gasteiger partial charge < -0.3 is 19.9 Å². The number of hydrogen-bond acceptors (Lipinski definition) is 4. The molecule has 0 aliphatic rings. The molecule has 1 rings (SSSR count). The number of rotatable bonds is 7. The maximum absolute atomic E-state index is 11.3. The second-order valence-electron chi connectivity index (χ2n) is 4.08. The highest BCUT2D eigenvalue weighted by Gasteiger charge is 2.05. The minimum Gasteiger partial charge on any atom is -0.496 e. The van der Waals surface area contributed by atoms with E-state index in [0.29, 0.717) is 13.0 Å². The van der Waals surface area contributed by atoms with E-state index in [0.717, 1.165) is 23.3 Å². The lowest BCUT2D eigenvalue weighted by molar-refractivity contribution is 0.139. The summed E-state index contributed by atoms with van der Waals surface area (Å²) < 4.78 is 10.3. The van der Waals surface area contributed by atoms with Crippen LogP contribution in [0.3, 0.4) is 0 Å². The van der Waals surface area contributed by atoms with Gasteiger partial charge in [0.1, 0.15) is 12.4 Å². The summed E-state index contributed by atoms with van der Waals surface area (Å²) >= 11 is 0. The molecule has 0 radical (unpaired) electrons. The number of carbonyl (C=O) groups excluding carboxylic acids is 1. The molecule has 0 aliphatic carbocycles. The molecule has 0 aromatic heterocycles. The Labute approximate surface area is 113 Å². The molecular formula is C14H21NO4. The van der Waals surface area contributed by atoms with Gasteiger partial charge in [-0.1, -0.05) is 13.0 Å². The third kappa shape index (κ3) is 5.18. The van der Waals surface area contributed by atoms with Crippen LogP contribution in [0.1, 0.15) is 24.5 Å². The van der Waals surface area contributed by atoms with Gasteiger partial charge in [-0.05, 0) is 36.1 Å². The zero-order valence-corrected chi connectivity index (χ0v) is 11.4. The lowest BCUT2D eigenvalue weighted by Gasteiger charge is -2.10. The highest BCUT2D eigenvalue weighted by molar-refractivity contribution is 5.67. The minimum atomic E-state index is -0.470. The maximum Gasteiger partial charge on any atom is 0.407 e. The Morgan fingerprint density at radius 2 is 2.21 bits per heavy atom. The van der Waals surface area contributed by atoms with Crippen molar-refractivity contribution in [3.8, 4) is 5.75 Å². The maximum atomic E-state index is 11.3. The molecule has 5 nitrogen and oxygen atoms in total. The van der Waals surface area contributed by atoms with Gasteiger partial charge in [0.15, 0.2) is 0 Å². The van der Waals surface area contributed by atoms with Gasteiger partial charge in [-0.3, -0.25) is 0 Å². The second-order valence-corrected chi connectivity index (χ2v) is 4.08. The predicted molar refractivity (Wildman–Crippen MR) is 72.3 cm³/mol. The van der Waals surface area contributed by atoms with E-state index >= 15 is 0 Å². The fraction of sp³-hybridized carbons (Fsp3) is 0.500. The molecule has 0 spiro atoms. The van der Waals surface area contributed by atoms with Crippen LogP contribution in [-0.4, -0.2) is 31.5 Å². The van der Waals surface area contributed by atoms with E-state index in [2.05, 4.69) is 5.32 Å². The zero-order valence-electron chi connectivity index (χ0n) is 11.4. The molecule has 1 aromatic rings. The van der Waals surface area contributed by atoms with Crippen molar-refractivity contribution in [1.82, 2.24) is 5.32 Å². The number of aryl methyl sites for hydroxylation is 1. The molecule has 1 amide bonds. The van der Waals surface area contributed by atoms with Gasteiger partial charge in [-0.2, -0.15) is 0 Å². The summed E-state index contributed by atoms with van der Waals surface area (Å²) in [5.74, 6) is 0.846. The lowest BCUT2D eigenvalue weighted by atomic mass is 10.1. The Balaban J connectivity index is 2.47. The molecule has 1 aromatic carbocycles. The predicted octanol–water partition coefficient (Wildman–Crippen LogP) is 1.87. The molecule has 0 heterocycles. The summed E-state index contributed by atoms with van der Waals surface area (Å²) in [5, 5.41) is 11.1. The van der Waals surface area contributed by atoms with E-state index < -0.39 is 6.09 Å². The first-order chi connectivity index (χ1) is 9.21. The zero-order chi connectivity index (χ0) is 14.1. The van der Waals surface area contributed by atoms with E-state index in [4.69, 9.17) is 14.6 Å². The van der Waals surface area contributed by atoms with Crippen molar-refractivity contribution in [2.75, 3.05) is 20.3 Å². The lowest BCUT2D eigenvalue weighted by Crippen LogP contribution is -2.25. The highest BCUT2D eigenvalue weighted by Crippen LogP contribution is 2.20. The summed E-state index contributed by atoms with van der Waals surface area (Å²) in [4.78, 5) is 11.3. The highest BCUT2D eigenvalue weighted by atomic mass is 16.5. The summed E-state index contributed by atoms with van der Waals surface area (Å²) in [5.41, 5.74) is 2.01. The fourth-order valence-electron chi connectivity index (χ4n) is 1.67. The standard InChI is InChI=1S/C14H21NO4/c1-3-12-9-11(5-6-13(12)18-2)10-19-14(17)15-7-4-8-16/h5-6,9,16H,3-4,7-8,10H2,1-2H3,(H,15,17). The normalized spacial score (nSPS) is 10.1. The van der Waals surface area contributed by atoms with Crippen molar-refractivity contribution < 1.29 is 19.4 Å². The monoisotopic (exact) mass is 267 g/mol. The second kappa shape index (κ2) is 8.37. The molecule has 0 fully saturated rings. The van der Waals surface area contributed by atoms with Crippen LogP contribution in [0.5, 0.6) is 5.75 Å². The third-order valence-electron chi connectivity index (χ3n) is 2.70. The van der Waals surface area contributed by atoms with Gasteiger partial charge in [0.2, 0.25) is 0 Å². The van der Waals surface area contributed by atoms with E-state index in [1.165, 1.54) is 0 Å². The third-order valence-corrected chi connectivity index (χ3v) is 2.70. The Morgan fingerprint density at radius 1 is 1.42 bits per heavy atom. The smallest absolute Gasteiger partial charge is 0.407 e. The quantitative estimate of drug-likeness (QED) is 0.740. The number of methoxy groups -OCH3 is 1. The largest absolute Gasteiger partial charge is 0.496 e. The van der Waals surface area contributed by atoms with Crippen molar-refractivity contribution in [2.45, 2.75) is 26.4 Å². The topological polar surface area (TPSA) is 67.8 Å². The van der Waals surface area contributed by atoms with E-state index in [1.54, 1.807) is 7.11 Å². The van der Waals surface area contributed by atoms with Crippen molar-refractivity contribution in [3.05, 3.63) is 29.3 Å². The first-order valence-corrected chi connectivity index (χ1v) is 6.38. The SMILES string of the molecule is CCc1cc(COC(=O)NCCCO)ccc1OC. The molecule has 0 aliphatic heterocycles. The molecule has 0 bridgehead atoms. The van der Waals surface area contributed by atoms with Crippen LogP contribution >= 0.6 is 0 Å². The Morgan fingerprint density at radius 3 is 2.84 bits per heavy atom. The number of benzene rings is 1. The molecule has 0 saturated heterocycles. The Kier molecular flexibility index (Phi) is 6.74. The number of alkyl carbamates (subject to hydrolysis) is 1. The number of ether oxygens (including phenoxy) is 2. The van der Waals surface area contributed by atoms with E-state index in [1.807, 2.05) is 25.1 Å². The Bertz CT molecular complexity index is 406. The number of carbonyl (C=O) groups is 1. The van der Waals surface area contributed by atoms with Crippen LogP contribution in [0.25, 0.3) is 0 Å². The van der Waals surface area contributed by atoms with Gasteiger partial charge in [-0.25, -0.2) is 4.79 Å². The van der Waals surface area contributed by atoms with Crippen molar-refractivity contribution >= 4 is 6.09 Å². The number of nitrogens with one attached hydrogen (secondary N) is 1. The summed E-state index contributed by atoms with van der Waals surface area (Å²) in [6, 6.07) is 5.72. The Hall–Kier alpha value is -1.75. The molecule has 106 valence electrons. The number of amides is 1. The van der Waals surface area contributed by atoms with E-state index in [-0.39, 0.29) is 13.2 Å². The average molecular weight is 267 g/mol. The van der Waals surface area contributed by atoms with Crippen molar-refractivity contribution in [2.24, 2.45) is 0 Å². The van der Waals surface area contributed by atoms with Crippen molar-refractivity contribution in [3.63, 3.8) is 0 Å². The van der Waals surface area contributed by atoms with Crippen LogP contribution in [0.15, 0.2) is 18.2 Å². The van der Waals surface area contributed by atoms with Crippen LogP contribution in [0.2, 0.25) is 0 Å².